The zero-order chi connectivity index (χ0) is 22.6. The molecule has 4 aliphatic heterocycles. The van der Waals surface area contributed by atoms with Gasteiger partial charge in [0.2, 0.25) is 0 Å². The van der Waals surface area contributed by atoms with E-state index in [2.05, 4.69) is 19.8 Å². The van der Waals surface area contributed by atoms with E-state index in [9.17, 15) is 4.39 Å². The number of hydrogen-bond donors (Lipinski definition) is 0. The maximum atomic E-state index is 15.2. The highest BCUT2D eigenvalue weighted by Gasteiger charge is 2.49. The van der Waals surface area contributed by atoms with Crippen molar-refractivity contribution < 1.29 is 18.3 Å². The first kappa shape index (κ1) is 21.7. The van der Waals surface area contributed by atoms with Crippen LogP contribution in [0.5, 0.6) is 6.01 Å². The molecule has 3 atom stereocenters. The molecule has 4 aliphatic rings. The molecule has 0 aromatic carbocycles. The number of ether oxygens (including phenoxy) is 2. The topological polar surface area (TPSA) is 63.6 Å². The minimum atomic E-state index is -0.845. The normalized spacial score (nSPS) is 30.0. The Labute approximate surface area is 196 Å². The average molecular weight is 480 g/mol. The second-order valence-electron chi connectivity index (χ2n) is 9.75. The van der Waals surface area contributed by atoms with Gasteiger partial charge in [0.15, 0.2) is 11.0 Å². The van der Waals surface area contributed by atoms with Gasteiger partial charge in [0.25, 0.3) is 0 Å². The van der Waals surface area contributed by atoms with Gasteiger partial charge in [-0.15, -0.1) is 0 Å². The second kappa shape index (κ2) is 8.43. The van der Waals surface area contributed by atoms with Crippen molar-refractivity contribution in [3.05, 3.63) is 16.7 Å². The molecule has 0 N–H and O–H groups in total. The van der Waals surface area contributed by atoms with Gasteiger partial charge in [0, 0.05) is 26.1 Å². The highest BCUT2D eigenvalue weighted by atomic mass is 35.5. The highest BCUT2D eigenvalue weighted by molar-refractivity contribution is 6.30. The largest absolute Gasteiger partial charge is 0.461 e. The van der Waals surface area contributed by atoms with Crippen molar-refractivity contribution in [1.82, 2.24) is 19.9 Å². The third-order valence-electron chi connectivity index (χ3n) is 7.67. The smallest absolute Gasteiger partial charge is 0.319 e. The Kier molecular flexibility index (Phi) is 5.54. The van der Waals surface area contributed by atoms with E-state index in [1.54, 1.807) is 0 Å². The summed E-state index contributed by atoms with van der Waals surface area (Å²) < 4.78 is 41.3. The van der Waals surface area contributed by atoms with Crippen molar-refractivity contribution in [1.29, 1.82) is 0 Å². The van der Waals surface area contributed by atoms with Crippen molar-refractivity contribution >= 4 is 28.3 Å². The molecule has 0 bridgehead atoms. The highest BCUT2D eigenvalue weighted by Crippen LogP contribution is 2.41. The summed E-state index contributed by atoms with van der Waals surface area (Å²) in [5.74, 6) is -0.0173. The molecule has 10 heteroatoms. The Morgan fingerprint density at radius 3 is 3.00 bits per heavy atom. The first-order valence-corrected chi connectivity index (χ1v) is 12.3. The Bertz CT molecular complexity index is 1080. The molecule has 0 amide bonds. The molecule has 2 aromatic rings. The molecular weight excluding hydrogens is 452 g/mol. The average Bonchev–Trinajstić information content (AvgIpc) is 3.20. The van der Waals surface area contributed by atoms with Gasteiger partial charge < -0.3 is 14.4 Å². The number of nitrogens with zero attached hydrogens (tertiary/aromatic N) is 5. The number of aryl methyl sites for hydroxylation is 1. The maximum absolute atomic E-state index is 15.2. The van der Waals surface area contributed by atoms with Crippen LogP contribution in [0.1, 0.15) is 44.2 Å². The van der Waals surface area contributed by atoms with Gasteiger partial charge in [-0.3, -0.25) is 4.90 Å². The molecule has 3 saturated heterocycles. The third kappa shape index (κ3) is 3.72. The van der Waals surface area contributed by atoms with Crippen LogP contribution in [0.15, 0.2) is 0 Å². The van der Waals surface area contributed by atoms with Crippen molar-refractivity contribution in [3.63, 3.8) is 0 Å². The van der Waals surface area contributed by atoms with Crippen molar-refractivity contribution in [2.75, 3.05) is 44.4 Å². The molecule has 0 radical (unpaired) electrons. The Balaban J connectivity index is 1.43. The third-order valence-corrected chi connectivity index (χ3v) is 7.92. The molecule has 1 unspecified atom stereocenters. The standard InChI is InChI=1S/C23H28ClF2N5O2/c24-20-18(26)19-17-16(27-20)5-1-4-15-12-32-9-3-8-31(15)21(17)29-22(28-19)33-13-23-6-2-7-30(23)11-14(25)10-23/h14-15H,1-13H2/t14-,15?,23+/m1/s1. The SMILES string of the molecule is Fc1c(Cl)nc2c3c(nc(OC[C@@]45CCCN4C[C@H](F)C5)nc13)N1CCCOCC1CCC2. The summed E-state index contributed by atoms with van der Waals surface area (Å²) in [4.78, 5) is 18.0. The summed E-state index contributed by atoms with van der Waals surface area (Å²) in [7, 11) is 0. The summed E-state index contributed by atoms with van der Waals surface area (Å²) in [6.07, 6.45) is 4.86. The van der Waals surface area contributed by atoms with Gasteiger partial charge in [-0.25, -0.2) is 13.8 Å². The van der Waals surface area contributed by atoms with E-state index in [1.807, 2.05) is 0 Å². The van der Waals surface area contributed by atoms with Gasteiger partial charge in [-0.1, -0.05) is 11.6 Å². The van der Waals surface area contributed by atoms with Crippen molar-refractivity contribution in [3.8, 4) is 6.01 Å². The van der Waals surface area contributed by atoms with Crippen LogP contribution in [0.3, 0.4) is 0 Å². The van der Waals surface area contributed by atoms with Crippen LogP contribution in [0.4, 0.5) is 14.6 Å². The van der Waals surface area contributed by atoms with E-state index >= 15 is 4.39 Å². The fourth-order valence-electron chi connectivity index (χ4n) is 6.13. The Hall–Kier alpha value is -1.84. The Morgan fingerprint density at radius 2 is 2.09 bits per heavy atom. The molecule has 0 spiro atoms. The van der Waals surface area contributed by atoms with Crippen molar-refractivity contribution in [2.45, 2.75) is 62.7 Å². The number of pyridine rings is 1. The first-order valence-electron chi connectivity index (χ1n) is 12.0. The van der Waals surface area contributed by atoms with Crippen LogP contribution in [-0.2, 0) is 11.2 Å². The zero-order valence-electron chi connectivity index (χ0n) is 18.5. The second-order valence-corrected chi connectivity index (χ2v) is 10.1. The molecule has 33 heavy (non-hydrogen) atoms. The molecule has 7 nitrogen and oxygen atoms in total. The minimum Gasteiger partial charge on any atom is -0.461 e. The number of rotatable bonds is 3. The van der Waals surface area contributed by atoms with Crippen LogP contribution in [0.2, 0.25) is 5.15 Å². The van der Waals surface area contributed by atoms with Gasteiger partial charge >= 0.3 is 6.01 Å². The summed E-state index contributed by atoms with van der Waals surface area (Å²) in [5.41, 5.74) is 0.534. The van der Waals surface area contributed by atoms with E-state index in [-0.39, 0.29) is 34.9 Å². The van der Waals surface area contributed by atoms with Gasteiger partial charge in [-0.05, 0) is 45.1 Å². The monoisotopic (exact) mass is 479 g/mol. The van der Waals surface area contributed by atoms with E-state index < -0.39 is 12.0 Å². The number of fused-ring (bicyclic) bond motifs is 3. The first-order chi connectivity index (χ1) is 16.0. The molecule has 178 valence electrons. The molecule has 3 fully saturated rings. The summed E-state index contributed by atoms with van der Waals surface area (Å²) in [5, 5.41) is 0.433. The number of anilines is 1. The predicted octanol–water partition coefficient (Wildman–Crippen LogP) is 3.70. The number of aromatic nitrogens is 3. The van der Waals surface area contributed by atoms with Crippen LogP contribution >= 0.6 is 11.6 Å². The van der Waals surface area contributed by atoms with E-state index in [4.69, 9.17) is 26.1 Å². The van der Waals surface area contributed by atoms with Crippen LogP contribution < -0.4 is 9.64 Å². The fraction of sp³-hybridized carbons (Fsp3) is 0.696. The van der Waals surface area contributed by atoms with Crippen LogP contribution in [0.25, 0.3) is 10.9 Å². The van der Waals surface area contributed by atoms with Gasteiger partial charge in [-0.2, -0.15) is 9.97 Å². The van der Waals surface area contributed by atoms with Crippen LogP contribution in [0, 0.1) is 5.82 Å². The van der Waals surface area contributed by atoms with Crippen LogP contribution in [-0.4, -0.2) is 77.1 Å². The lowest BCUT2D eigenvalue weighted by Crippen LogP contribution is -2.43. The molecule has 0 aliphatic carbocycles. The maximum Gasteiger partial charge on any atom is 0.319 e. The lowest BCUT2D eigenvalue weighted by Gasteiger charge is -2.34. The fourth-order valence-corrected chi connectivity index (χ4v) is 6.32. The summed E-state index contributed by atoms with van der Waals surface area (Å²) >= 11 is 6.16. The number of alkyl halides is 1. The zero-order valence-corrected chi connectivity index (χ0v) is 19.3. The summed E-state index contributed by atoms with van der Waals surface area (Å²) in [6.45, 7) is 3.66. The van der Waals surface area contributed by atoms with Gasteiger partial charge in [0.1, 0.15) is 24.1 Å². The molecule has 0 saturated carbocycles. The van der Waals surface area contributed by atoms with Crippen molar-refractivity contribution in [2.24, 2.45) is 0 Å². The molecule has 6 heterocycles. The number of hydrogen-bond acceptors (Lipinski definition) is 7. The Morgan fingerprint density at radius 1 is 1.18 bits per heavy atom. The summed E-state index contributed by atoms with van der Waals surface area (Å²) in [6, 6.07) is 0.258. The van der Waals surface area contributed by atoms with E-state index in [0.717, 1.165) is 50.9 Å². The molecule has 6 rings (SSSR count). The lowest BCUT2D eigenvalue weighted by atomic mass is 9.95. The molecular formula is C23H28ClF2N5O2. The lowest BCUT2D eigenvalue weighted by molar-refractivity contribution is 0.107. The molecule has 2 aromatic heterocycles. The van der Waals surface area contributed by atoms with E-state index in [0.29, 0.717) is 43.8 Å². The minimum absolute atomic E-state index is 0.109. The predicted molar refractivity (Wildman–Crippen MR) is 120 cm³/mol. The number of halogens is 3. The van der Waals surface area contributed by atoms with E-state index in [1.165, 1.54) is 0 Å². The van der Waals surface area contributed by atoms with Gasteiger partial charge in [0.05, 0.1) is 29.3 Å². The quantitative estimate of drug-likeness (QED) is 0.622.